The van der Waals surface area contributed by atoms with Crippen LogP contribution in [-0.2, 0) is 4.57 Å². The first kappa shape index (κ1) is 29.3. The summed E-state index contributed by atoms with van der Waals surface area (Å²) in [5, 5.41) is 0. The summed E-state index contributed by atoms with van der Waals surface area (Å²) < 4.78 is 8.48. The topological polar surface area (TPSA) is 127 Å². The van der Waals surface area contributed by atoms with Crippen molar-refractivity contribution in [3.63, 3.8) is 0 Å². The molecule has 0 unspecified atom stereocenters. The van der Waals surface area contributed by atoms with Gasteiger partial charge >= 0.3 is 88.7 Å². The Balaban J connectivity index is -0.0000000171. The van der Waals surface area contributed by atoms with Gasteiger partial charge in [-0.05, 0) is 0 Å². The van der Waals surface area contributed by atoms with Gasteiger partial charge in [-0.2, -0.15) is 0 Å². The summed E-state index contributed by atoms with van der Waals surface area (Å²) in [6.45, 7) is 0. The molecule has 0 aliphatic rings. The molecule has 0 radical (unpaired) electrons. The van der Waals surface area contributed by atoms with E-state index in [1.807, 2.05) is 0 Å². The second kappa shape index (κ2) is 23.3. The monoisotopic (exact) mass is 229 g/mol. The van der Waals surface area contributed by atoms with Crippen LogP contribution in [0.15, 0.2) is 0 Å². The minimum Gasteiger partial charge on any atom is -0.786 e. The van der Waals surface area contributed by atoms with Gasteiger partial charge in [-0.1, -0.05) is 4.57 Å². The van der Waals surface area contributed by atoms with Crippen LogP contribution in [0.4, 0.5) is 0 Å². The summed E-state index contributed by atoms with van der Waals surface area (Å²) in [5.74, 6) is 0. The molecule has 0 saturated heterocycles. The summed E-state index contributed by atoms with van der Waals surface area (Å²) in [4.78, 5) is 39.9. The third-order valence-electron chi connectivity index (χ3n) is 0. The van der Waals surface area contributed by atoms with Crippen molar-refractivity contribution in [2.24, 2.45) is 0 Å². The molecule has 0 aliphatic carbocycles. The Kier molecular flexibility index (Phi) is 61.9. The van der Waals surface area contributed by atoms with Crippen LogP contribution < -0.4 is 103 Å². The summed E-state index contributed by atoms with van der Waals surface area (Å²) in [5.41, 5.74) is 0. The van der Waals surface area contributed by atoms with Crippen molar-refractivity contribution in [2.75, 3.05) is 0 Å². The summed E-state index contributed by atoms with van der Waals surface area (Å²) in [7, 11) is -6.24. The Morgan fingerprint density at radius 3 is 1.09 bits per heavy atom. The van der Waals surface area contributed by atoms with Crippen molar-refractivity contribution >= 4 is 16.9 Å². The van der Waals surface area contributed by atoms with Gasteiger partial charge in [0.1, 0.15) is 0 Å². The molecule has 0 saturated carbocycles. The number of hydrogen-bond donors (Lipinski definition) is 2. The molecule has 0 atom stereocenters. The molecule has 0 rings (SSSR count). The molecule has 0 aliphatic heterocycles. The SMILES string of the molecule is O=[P+]([O-])[O-].[Na+].[Na+].[Na+].[O-]P(O)O. The van der Waals surface area contributed by atoms with Crippen LogP contribution in [0.3, 0.4) is 0 Å². The van der Waals surface area contributed by atoms with Crippen molar-refractivity contribution in [3.8, 4) is 0 Å². The van der Waals surface area contributed by atoms with Gasteiger partial charge in [0, 0.05) is 0 Å². The van der Waals surface area contributed by atoms with Crippen molar-refractivity contribution in [1.29, 1.82) is 0 Å². The molecular formula is H2Na3O6P2+. The van der Waals surface area contributed by atoms with Gasteiger partial charge in [-0.3, -0.25) is 0 Å². The molecule has 0 aromatic rings. The Hall–Kier alpha value is 3.33. The maximum absolute atomic E-state index is 8.70. The molecule has 0 spiro atoms. The minimum absolute atomic E-state index is 0. The van der Waals surface area contributed by atoms with E-state index in [2.05, 4.69) is 0 Å². The first-order chi connectivity index (χ1) is 3.46. The van der Waals surface area contributed by atoms with Crippen LogP contribution in [0.5, 0.6) is 0 Å². The zero-order valence-corrected chi connectivity index (χ0v) is 14.2. The van der Waals surface area contributed by atoms with E-state index in [-0.39, 0.29) is 88.7 Å². The summed E-state index contributed by atoms with van der Waals surface area (Å²) in [6.07, 6.45) is 0. The van der Waals surface area contributed by atoms with E-state index in [0.717, 1.165) is 0 Å². The van der Waals surface area contributed by atoms with Crippen molar-refractivity contribution in [3.05, 3.63) is 0 Å². The van der Waals surface area contributed by atoms with Crippen LogP contribution in [0, 0.1) is 0 Å². The molecule has 2 N–H and O–H groups in total. The van der Waals surface area contributed by atoms with E-state index in [9.17, 15) is 0 Å². The fraction of sp³-hybridized carbons (Fsp3) is 0. The summed E-state index contributed by atoms with van der Waals surface area (Å²) >= 11 is 0. The standard InChI is InChI=1S/3Na.H2O3P.HO3P/c;;;2*1-4(2)3/h;;;1-2H;(H,1,2,3)/q3*+1;-1;/p-1. The molecule has 6 nitrogen and oxygen atoms in total. The molecule has 11 heteroatoms. The van der Waals surface area contributed by atoms with Gasteiger partial charge in [0.2, 0.25) is 0 Å². The van der Waals surface area contributed by atoms with Crippen LogP contribution in [-0.4, -0.2) is 9.79 Å². The molecule has 11 heavy (non-hydrogen) atoms. The molecule has 0 bridgehead atoms. The van der Waals surface area contributed by atoms with Crippen molar-refractivity contribution < 1.29 is 118 Å². The fourth-order valence-corrected chi connectivity index (χ4v) is 0. The maximum atomic E-state index is 8.70. The second-order valence-corrected chi connectivity index (χ2v) is 1.43. The Labute approximate surface area is 132 Å². The third kappa shape index (κ3) is 154. The predicted molar refractivity (Wildman–Crippen MR) is 19.0 cm³/mol. The zero-order valence-electron chi connectivity index (χ0n) is 6.42. The molecule has 0 fully saturated rings. The minimum atomic E-state index is -3.37. The van der Waals surface area contributed by atoms with E-state index in [1.165, 1.54) is 0 Å². The largest absolute Gasteiger partial charge is 1.00 e. The number of rotatable bonds is 0. The maximum Gasteiger partial charge on any atom is 1.00 e. The van der Waals surface area contributed by atoms with E-state index in [0.29, 0.717) is 0 Å². The molecule has 0 heterocycles. The predicted octanol–water partition coefficient (Wildman–Crippen LogP) is -12.1. The van der Waals surface area contributed by atoms with E-state index >= 15 is 0 Å². The third-order valence-corrected chi connectivity index (χ3v) is 0. The Bertz CT molecular complexity index is 60.1. The molecule has 0 amide bonds. The fourth-order valence-electron chi connectivity index (χ4n) is 0. The summed E-state index contributed by atoms with van der Waals surface area (Å²) in [6, 6.07) is 0. The Morgan fingerprint density at radius 2 is 1.09 bits per heavy atom. The van der Waals surface area contributed by atoms with Gasteiger partial charge < -0.3 is 24.5 Å². The molecular weight excluding hydrogens is 227 g/mol. The van der Waals surface area contributed by atoms with Crippen molar-refractivity contribution in [2.45, 2.75) is 0 Å². The van der Waals surface area contributed by atoms with Gasteiger partial charge in [0.15, 0.2) is 0 Å². The molecule has 0 aromatic heterocycles. The van der Waals surface area contributed by atoms with Crippen LogP contribution >= 0.6 is 16.9 Å². The van der Waals surface area contributed by atoms with Gasteiger partial charge in [0.05, 0.1) is 8.60 Å². The normalized spacial score (nSPS) is 5.64. The molecule has 0 aromatic carbocycles. The van der Waals surface area contributed by atoms with Gasteiger partial charge in [-0.25, -0.2) is 0 Å². The van der Waals surface area contributed by atoms with E-state index in [1.54, 1.807) is 0 Å². The first-order valence-electron chi connectivity index (χ1n) is 1.13. The second-order valence-electron chi connectivity index (χ2n) is 0.476. The van der Waals surface area contributed by atoms with Gasteiger partial charge in [0.25, 0.3) is 8.25 Å². The quantitative estimate of drug-likeness (QED) is 0.313. The average molecular weight is 229 g/mol. The zero-order chi connectivity index (χ0) is 7.15. The average Bonchev–Trinajstić information content (AvgIpc) is 1.25. The van der Waals surface area contributed by atoms with Gasteiger partial charge in [-0.15, -0.1) is 0 Å². The number of hydrogen-bond acceptors (Lipinski definition) is 6. The van der Waals surface area contributed by atoms with Crippen LogP contribution in [0.2, 0.25) is 0 Å². The van der Waals surface area contributed by atoms with Crippen LogP contribution in [0.25, 0.3) is 0 Å². The van der Waals surface area contributed by atoms with E-state index in [4.69, 9.17) is 29.0 Å². The smallest absolute Gasteiger partial charge is 0.786 e. The van der Waals surface area contributed by atoms with Crippen molar-refractivity contribution in [1.82, 2.24) is 0 Å². The molecule has 50 valence electrons. The Morgan fingerprint density at radius 1 is 1.09 bits per heavy atom. The first-order valence-corrected chi connectivity index (χ1v) is 3.39. The van der Waals surface area contributed by atoms with Crippen LogP contribution in [0.1, 0.15) is 0 Å². The van der Waals surface area contributed by atoms with E-state index < -0.39 is 16.9 Å².